The second-order valence-electron chi connectivity index (χ2n) is 7.46. The third-order valence-corrected chi connectivity index (χ3v) is 7.71. The van der Waals surface area contributed by atoms with Gasteiger partial charge in [0.05, 0.1) is 26.3 Å². The summed E-state index contributed by atoms with van der Waals surface area (Å²) in [5.74, 6) is 0.642. The van der Waals surface area contributed by atoms with Crippen LogP contribution in [-0.2, 0) is 23.2 Å². The van der Waals surface area contributed by atoms with Gasteiger partial charge in [-0.3, -0.25) is 0 Å². The first-order chi connectivity index (χ1) is 16.2. The number of alkyl halides is 6. The highest BCUT2D eigenvalue weighted by Crippen LogP contribution is 2.51. The van der Waals surface area contributed by atoms with Gasteiger partial charge in [-0.25, -0.2) is 0 Å². The maximum Gasteiger partial charge on any atom is 0.435 e. The Bertz CT molecular complexity index is 1180. The Hall–Kier alpha value is -1.21. The fraction of sp³-hybridized carbons (Fsp3) is 0.333. The van der Waals surface area contributed by atoms with Crippen molar-refractivity contribution < 1.29 is 31.2 Å². The zero-order chi connectivity index (χ0) is 26.2. The van der Waals surface area contributed by atoms with Gasteiger partial charge in [-0.2, -0.15) is 38.1 Å². The molecule has 0 spiro atoms. The summed E-state index contributed by atoms with van der Waals surface area (Å²) in [5, 5.41) is 5.09. The molecule has 1 unspecified atom stereocenters. The van der Waals surface area contributed by atoms with E-state index < -0.39 is 45.5 Å². The molecule has 3 rings (SSSR count). The summed E-state index contributed by atoms with van der Waals surface area (Å²) in [6.45, 7) is 0.388. The Morgan fingerprint density at radius 1 is 1.20 bits per heavy atom. The van der Waals surface area contributed by atoms with Gasteiger partial charge in [0, 0.05) is 34.3 Å². The Morgan fingerprint density at radius 2 is 1.89 bits per heavy atom. The van der Waals surface area contributed by atoms with Crippen LogP contribution >= 0.6 is 63.1 Å². The van der Waals surface area contributed by atoms with E-state index in [-0.39, 0.29) is 5.71 Å². The van der Waals surface area contributed by atoms with Gasteiger partial charge in [0.1, 0.15) is 0 Å². The highest BCUT2D eigenvalue weighted by atomic mass is 79.9. The zero-order valence-corrected chi connectivity index (χ0v) is 22.3. The van der Waals surface area contributed by atoms with Crippen LogP contribution in [-0.4, -0.2) is 28.9 Å². The van der Waals surface area contributed by atoms with Crippen molar-refractivity contribution in [1.29, 1.82) is 0 Å². The summed E-state index contributed by atoms with van der Waals surface area (Å²) in [7, 11) is 0. The van der Waals surface area contributed by atoms with E-state index in [1.807, 2.05) is 6.26 Å². The van der Waals surface area contributed by atoms with Crippen LogP contribution in [0.15, 0.2) is 40.0 Å². The minimum absolute atomic E-state index is 0.0972. The Labute approximate surface area is 224 Å². The summed E-state index contributed by atoms with van der Waals surface area (Å²) in [6, 6.07) is 5.78. The van der Waals surface area contributed by atoms with Crippen molar-refractivity contribution in [3.05, 3.63) is 67.1 Å². The summed E-state index contributed by atoms with van der Waals surface area (Å²) in [4.78, 5) is 5.49. The van der Waals surface area contributed by atoms with Crippen LogP contribution in [0.3, 0.4) is 0 Å². The van der Waals surface area contributed by atoms with E-state index >= 15 is 0 Å². The minimum Gasteiger partial charge on any atom is -0.375 e. The van der Waals surface area contributed by atoms with E-state index in [0.717, 1.165) is 5.56 Å². The SMILES string of the molecule is CSCC(=S)NCc1ccc(C2=NOC(c3cc(Cl)c(Cl)c(C(F)(F)F)c3)(C(F)(F)F)C2)cc1Br. The molecule has 2 aromatic carbocycles. The molecule has 2 aromatic rings. The molecule has 3 nitrogen and oxygen atoms in total. The highest BCUT2D eigenvalue weighted by molar-refractivity contribution is 9.10. The van der Waals surface area contributed by atoms with Gasteiger partial charge in [0.15, 0.2) is 0 Å². The maximum atomic E-state index is 14.2. The van der Waals surface area contributed by atoms with E-state index in [1.54, 1.807) is 30.0 Å². The second-order valence-corrected chi connectivity index (χ2v) is 10.5. The van der Waals surface area contributed by atoms with Crippen molar-refractivity contribution >= 4 is 73.8 Å². The molecule has 1 aliphatic heterocycles. The van der Waals surface area contributed by atoms with Crippen molar-refractivity contribution in [3.63, 3.8) is 0 Å². The van der Waals surface area contributed by atoms with Crippen molar-refractivity contribution in [3.8, 4) is 0 Å². The summed E-state index contributed by atoms with van der Waals surface area (Å²) in [6.07, 6.45) is -9.11. The van der Waals surface area contributed by atoms with Crippen LogP contribution in [0.1, 0.15) is 28.7 Å². The number of rotatable bonds is 6. The number of hydrogen-bond donors (Lipinski definition) is 1. The number of oxime groups is 1. The molecule has 0 saturated heterocycles. The summed E-state index contributed by atoms with van der Waals surface area (Å²) >= 11 is 21.5. The van der Waals surface area contributed by atoms with Gasteiger partial charge in [-0.15, -0.1) is 0 Å². The average molecular weight is 640 g/mol. The normalized spacial score (nSPS) is 18.3. The third-order valence-electron chi connectivity index (χ3n) is 5.12. The number of benzene rings is 2. The first kappa shape index (κ1) is 28.4. The number of thioether (sulfide) groups is 1. The van der Waals surface area contributed by atoms with E-state index in [0.29, 0.717) is 39.5 Å². The molecule has 14 heteroatoms. The molecule has 1 heterocycles. The van der Waals surface area contributed by atoms with Crippen LogP contribution in [0.4, 0.5) is 26.3 Å². The Balaban J connectivity index is 1.94. The van der Waals surface area contributed by atoms with E-state index in [9.17, 15) is 26.3 Å². The Kier molecular flexibility index (Phi) is 8.63. The van der Waals surface area contributed by atoms with Gasteiger partial charge < -0.3 is 10.2 Å². The van der Waals surface area contributed by atoms with Crippen LogP contribution in [0.5, 0.6) is 0 Å². The highest BCUT2D eigenvalue weighted by Gasteiger charge is 2.62. The first-order valence-corrected chi connectivity index (χ1v) is 13.0. The molecular weight excluding hydrogens is 625 g/mol. The summed E-state index contributed by atoms with van der Waals surface area (Å²) in [5.41, 5.74) is -4.53. The molecule has 0 aliphatic carbocycles. The van der Waals surface area contributed by atoms with Gasteiger partial charge >= 0.3 is 12.4 Å². The zero-order valence-electron chi connectivity index (χ0n) is 17.6. The quantitative estimate of drug-likeness (QED) is 0.256. The predicted molar refractivity (Wildman–Crippen MR) is 133 cm³/mol. The smallest absolute Gasteiger partial charge is 0.375 e. The average Bonchev–Trinajstić information content (AvgIpc) is 3.21. The van der Waals surface area contributed by atoms with Crippen LogP contribution in [0.25, 0.3) is 0 Å². The largest absolute Gasteiger partial charge is 0.435 e. The number of thiocarbonyl (C=S) groups is 1. The molecule has 190 valence electrons. The number of nitrogens with zero attached hydrogens (tertiary/aromatic N) is 1. The van der Waals surface area contributed by atoms with E-state index in [2.05, 4.69) is 26.4 Å². The topological polar surface area (TPSA) is 33.6 Å². The lowest BCUT2D eigenvalue weighted by Gasteiger charge is -2.30. The first-order valence-electron chi connectivity index (χ1n) is 9.62. The van der Waals surface area contributed by atoms with E-state index in [1.165, 1.54) is 0 Å². The van der Waals surface area contributed by atoms with Crippen molar-refractivity contribution in [2.75, 3.05) is 12.0 Å². The molecular formula is C21H15BrCl2F6N2OS2. The lowest BCUT2D eigenvalue weighted by Crippen LogP contribution is -2.43. The molecule has 35 heavy (non-hydrogen) atoms. The molecule has 0 bridgehead atoms. The number of hydrogen-bond acceptors (Lipinski definition) is 4. The number of halogens is 9. The molecule has 1 atom stereocenters. The Morgan fingerprint density at radius 3 is 2.46 bits per heavy atom. The predicted octanol–water partition coefficient (Wildman–Crippen LogP) is 8.14. The maximum absolute atomic E-state index is 14.2. The number of nitrogens with one attached hydrogen (secondary N) is 1. The van der Waals surface area contributed by atoms with Crippen molar-refractivity contribution in [2.45, 2.75) is 30.9 Å². The van der Waals surface area contributed by atoms with Gasteiger partial charge in [0.25, 0.3) is 5.60 Å². The minimum atomic E-state index is -5.12. The molecule has 0 amide bonds. The molecule has 0 radical (unpaired) electrons. The molecule has 0 fully saturated rings. The van der Waals surface area contributed by atoms with Gasteiger partial charge in [0.2, 0.25) is 0 Å². The van der Waals surface area contributed by atoms with Gasteiger partial charge in [-0.1, -0.05) is 68.6 Å². The van der Waals surface area contributed by atoms with Crippen molar-refractivity contribution in [1.82, 2.24) is 5.32 Å². The lowest BCUT2D eigenvalue weighted by atomic mass is 9.85. The van der Waals surface area contributed by atoms with Crippen molar-refractivity contribution in [2.24, 2.45) is 5.16 Å². The molecule has 1 N–H and O–H groups in total. The van der Waals surface area contributed by atoms with Crippen LogP contribution < -0.4 is 5.32 Å². The van der Waals surface area contributed by atoms with Gasteiger partial charge in [-0.05, 0) is 30.0 Å². The summed E-state index contributed by atoms with van der Waals surface area (Å²) < 4.78 is 83.5. The molecule has 1 aliphatic rings. The molecule has 0 aromatic heterocycles. The van der Waals surface area contributed by atoms with Crippen LogP contribution in [0, 0.1) is 0 Å². The molecule has 0 saturated carbocycles. The second kappa shape index (κ2) is 10.6. The standard InChI is InChI=1S/C21H15BrCl2F6N2OS2/c1-35-9-17(34)31-8-11-3-2-10(4-14(11)22)16-7-19(33-32-16,21(28,29)30)12-5-13(20(25,26)27)18(24)15(23)6-12/h2-6H,7-9H2,1H3,(H,31,34). The van der Waals surface area contributed by atoms with E-state index in [4.69, 9.17) is 40.3 Å². The van der Waals surface area contributed by atoms with Crippen LogP contribution in [0.2, 0.25) is 10.0 Å². The lowest BCUT2D eigenvalue weighted by molar-refractivity contribution is -0.276. The monoisotopic (exact) mass is 638 g/mol. The third kappa shape index (κ3) is 6.03. The fourth-order valence-corrected chi connectivity index (χ4v) is 5.08. The fourth-order valence-electron chi connectivity index (χ4n) is 3.33.